The number of piperazine rings is 1. The molecule has 2 aliphatic carbocycles. The fourth-order valence-corrected chi connectivity index (χ4v) is 4.28. The number of anilines is 1. The van der Waals surface area contributed by atoms with Gasteiger partial charge in [0.2, 0.25) is 5.91 Å². The van der Waals surface area contributed by atoms with Gasteiger partial charge in [0, 0.05) is 37.8 Å². The molecule has 3 unspecified atom stereocenters. The van der Waals surface area contributed by atoms with E-state index < -0.39 is 0 Å². The molecule has 1 saturated carbocycles. The first-order valence-electron chi connectivity index (χ1n) is 8.60. The monoisotopic (exact) mass is 312 g/mol. The van der Waals surface area contributed by atoms with E-state index in [9.17, 15) is 4.79 Å². The van der Waals surface area contributed by atoms with E-state index in [1.165, 1.54) is 12.1 Å². The predicted molar refractivity (Wildman–Crippen MR) is 90.6 cm³/mol. The van der Waals surface area contributed by atoms with E-state index in [-0.39, 0.29) is 5.92 Å². The first-order valence-corrected chi connectivity index (χ1v) is 8.60. The van der Waals surface area contributed by atoms with Crippen LogP contribution in [0.15, 0.2) is 36.4 Å². The minimum atomic E-state index is 0.248. The molecule has 0 radical (unpaired) electrons. The third-order valence-electron chi connectivity index (χ3n) is 5.63. The van der Waals surface area contributed by atoms with Gasteiger partial charge in [-0.1, -0.05) is 12.2 Å². The molecule has 1 aromatic carbocycles. The second-order valence-electron chi connectivity index (χ2n) is 6.90. The van der Waals surface area contributed by atoms with Gasteiger partial charge in [0.15, 0.2) is 0 Å². The molecule has 4 heteroatoms. The van der Waals surface area contributed by atoms with Gasteiger partial charge >= 0.3 is 0 Å². The average molecular weight is 312 g/mol. The molecule has 122 valence electrons. The lowest BCUT2D eigenvalue weighted by atomic mass is 9.92. The molecular weight excluding hydrogens is 288 g/mol. The quantitative estimate of drug-likeness (QED) is 0.804. The molecule has 23 heavy (non-hydrogen) atoms. The average Bonchev–Trinajstić information content (AvgIpc) is 3.25. The molecule has 1 amide bonds. The number of allylic oxidation sites excluding steroid dienone is 2. The minimum Gasteiger partial charge on any atom is -0.497 e. The summed E-state index contributed by atoms with van der Waals surface area (Å²) in [4.78, 5) is 17.2. The SMILES string of the molecule is COc1ccc(N2CCN(C(=O)C3CC4C=CC3C4)CC2)cc1. The highest BCUT2D eigenvalue weighted by Gasteiger charge is 2.41. The zero-order valence-electron chi connectivity index (χ0n) is 13.6. The lowest BCUT2D eigenvalue weighted by Crippen LogP contribution is -2.50. The van der Waals surface area contributed by atoms with E-state index in [1.807, 2.05) is 12.1 Å². The van der Waals surface area contributed by atoms with Gasteiger partial charge in [-0.25, -0.2) is 0 Å². The summed E-state index contributed by atoms with van der Waals surface area (Å²) in [6.45, 7) is 3.49. The fraction of sp³-hybridized carbons (Fsp3) is 0.526. The van der Waals surface area contributed by atoms with Crippen LogP contribution in [0.1, 0.15) is 12.8 Å². The van der Waals surface area contributed by atoms with Crippen molar-refractivity contribution in [1.29, 1.82) is 0 Å². The van der Waals surface area contributed by atoms with Crippen LogP contribution in [0.25, 0.3) is 0 Å². The molecule has 0 aromatic heterocycles. The molecule has 1 aliphatic heterocycles. The molecule has 3 atom stereocenters. The van der Waals surface area contributed by atoms with Gasteiger partial charge in [0.05, 0.1) is 7.11 Å². The lowest BCUT2D eigenvalue weighted by molar-refractivity contribution is -0.136. The van der Waals surface area contributed by atoms with Crippen LogP contribution in [0, 0.1) is 17.8 Å². The first-order chi connectivity index (χ1) is 11.2. The number of carbonyl (C=O) groups excluding carboxylic acids is 1. The highest BCUT2D eigenvalue weighted by atomic mass is 16.5. The van der Waals surface area contributed by atoms with Crippen molar-refractivity contribution in [3.05, 3.63) is 36.4 Å². The van der Waals surface area contributed by atoms with E-state index >= 15 is 0 Å². The molecular formula is C19H24N2O2. The molecule has 3 aliphatic rings. The third-order valence-corrected chi connectivity index (χ3v) is 5.63. The van der Waals surface area contributed by atoms with Crippen molar-refractivity contribution in [1.82, 2.24) is 4.90 Å². The maximum Gasteiger partial charge on any atom is 0.226 e. The highest BCUT2D eigenvalue weighted by molar-refractivity contribution is 5.80. The molecule has 2 bridgehead atoms. The summed E-state index contributed by atoms with van der Waals surface area (Å²) in [6.07, 6.45) is 6.83. The molecule has 1 heterocycles. The molecule has 1 aromatic rings. The van der Waals surface area contributed by atoms with Crippen molar-refractivity contribution >= 4 is 11.6 Å². The van der Waals surface area contributed by atoms with Crippen LogP contribution >= 0.6 is 0 Å². The highest BCUT2D eigenvalue weighted by Crippen LogP contribution is 2.44. The van der Waals surface area contributed by atoms with E-state index in [1.54, 1.807) is 7.11 Å². The number of benzene rings is 1. The van der Waals surface area contributed by atoms with Crippen molar-refractivity contribution in [2.24, 2.45) is 17.8 Å². The summed E-state index contributed by atoms with van der Waals surface area (Å²) in [5.41, 5.74) is 1.21. The van der Waals surface area contributed by atoms with Crippen molar-refractivity contribution in [2.45, 2.75) is 12.8 Å². The Balaban J connectivity index is 1.35. The van der Waals surface area contributed by atoms with Crippen molar-refractivity contribution in [3.63, 3.8) is 0 Å². The van der Waals surface area contributed by atoms with Crippen LogP contribution in [0.3, 0.4) is 0 Å². The van der Waals surface area contributed by atoms with E-state index in [2.05, 4.69) is 34.1 Å². The van der Waals surface area contributed by atoms with Crippen LogP contribution in [0.5, 0.6) is 5.75 Å². The molecule has 4 nitrogen and oxygen atoms in total. The molecule has 0 N–H and O–H groups in total. The standard InChI is InChI=1S/C19H24N2O2/c1-23-17-6-4-16(5-7-17)20-8-10-21(11-9-20)19(22)18-13-14-2-3-15(18)12-14/h2-7,14-15,18H,8-13H2,1H3. The number of carbonyl (C=O) groups is 1. The molecule has 4 rings (SSSR count). The number of hydrogen-bond donors (Lipinski definition) is 0. The molecule has 2 fully saturated rings. The van der Waals surface area contributed by atoms with Gasteiger partial charge in [-0.15, -0.1) is 0 Å². The number of hydrogen-bond acceptors (Lipinski definition) is 3. The fourth-order valence-electron chi connectivity index (χ4n) is 4.28. The Morgan fingerprint density at radius 2 is 1.78 bits per heavy atom. The Labute approximate surface area is 137 Å². The maximum atomic E-state index is 12.8. The summed E-state index contributed by atoms with van der Waals surface area (Å²) >= 11 is 0. The Hall–Kier alpha value is -1.97. The number of nitrogens with zero attached hydrogens (tertiary/aromatic N) is 2. The summed E-state index contributed by atoms with van der Waals surface area (Å²) < 4.78 is 5.21. The van der Waals surface area contributed by atoms with E-state index in [4.69, 9.17) is 4.74 Å². The Kier molecular flexibility index (Phi) is 3.76. The van der Waals surface area contributed by atoms with Gasteiger partial charge in [-0.3, -0.25) is 4.79 Å². The van der Waals surface area contributed by atoms with E-state index in [0.29, 0.717) is 17.7 Å². The van der Waals surface area contributed by atoms with Crippen molar-refractivity contribution < 1.29 is 9.53 Å². The molecule has 1 saturated heterocycles. The number of ether oxygens (including phenoxy) is 1. The number of fused-ring (bicyclic) bond motifs is 2. The summed E-state index contributed by atoms with van der Waals surface area (Å²) in [5, 5.41) is 0. The summed E-state index contributed by atoms with van der Waals surface area (Å²) in [6, 6.07) is 8.18. The summed E-state index contributed by atoms with van der Waals surface area (Å²) in [7, 11) is 1.68. The predicted octanol–water partition coefficient (Wildman–Crippen LogP) is 2.56. The summed E-state index contributed by atoms with van der Waals surface area (Å²) in [5.74, 6) is 2.68. The lowest BCUT2D eigenvalue weighted by Gasteiger charge is -2.38. The smallest absolute Gasteiger partial charge is 0.226 e. The van der Waals surface area contributed by atoms with E-state index in [0.717, 1.165) is 38.3 Å². The Bertz CT molecular complexity index is 602. The van der Waals surface area contributed by atoms with Gasteiger partial charge in [0.25, 0.3) is 0 Å². The van der Waals surface area contributed by atoms with Gasteiger partial charge in [0.1, 0.15) is 5.75 Å². The second kappa shape index (κ2) is 5.91. The number of rotatable bonds is 3. The normalized spacial score (nSPS) is 29.2. The van der Waals surface area contributed by atoms with Gasteiger partial charge < -0.3 is 14.5 Å². The van der Waals surface area contributed by atoms with Crippen LogP contribution in [0.2, 0.25) is 0 Å². The minimum absolute atomic E-state index is 0.248. The van der Waals surface area contributed by atoms with Gasteiger partial charge in [-0.2, -0.15) is 0 Å². The van der Waals surface area contributed by atoms with Crippen LogP contribution in [-0.4, -0.2) is 44.1 Å². The zero-order chi connectivity index (χ0) is 15.8. The topological polar surface area (TPSA) is 32.8 Å². The molecule has 0 spiro atoms. The first kappa shape index (κ1) is 14.6. The Morgan fingerprint density at radius 1 is 1.04 bits per heavy atom. The number of amides is 1. The van der Waals surface area contributed by atoms with Crippen molar-refractivity contribution in [3.8, 4) is 5.75 Å². The van der Waals surface area contributed by atoms with Crippen molar-refractivity contribution in [2.75, 3.05) is 38.2 Å². The third kappa shape index (κ3) is 2.71. The zero-order valence-corrected chi connectivity index (χ0v) is 13.6. The largest absolute Gasteiger partial charge is 0.497 e. The van der Waals surface area contributed by atoms with Crippen LogP contribution in [0.4, 0.5) is 5.69 Å². The second-order valence-corrected chi connectivity index (χ2v) is 6.90. The Morgan fingerprint density at radius 3 is 2.35 bits per heavy atom. The maximum absolute atomic E-state index is 12.8. The van der Waals surface area contributed by atoms with Crippen LogP contribution < -0.4 is 9.64 Å². The number of methoxy groups -OCH3 is 1. The van der Waals surface area contributed by atoms with Gasteiger partial charge in [-0.05, 0) is 48.9 Å². The van der Waals surface area contributed by atoms with Crippen LogP contribution in [-0.2, 0) is 4.79 Å².